The van der Waals surface area contributed by atoms with Crippen molar-refractivity contribution in [3.63, 3.8) is 0 Å². The van der Waals surface area contributed by atoms with E-state index in [0.717, 1.165) is 16.9 Å². The Morgan fingerprint density at radius 3 is 2.71 bits per heavy atom. The van der Waals surface area contributed by atoms with E-state index >= 15 is 0 Å². The topological polar surface area (TPSA) is 38.3 Å². The third kappa shape index (κ3) is 2.49. The maximum atomic E-state index is 11.1. The molecule has 0 unspecified atom stereocenters. The monoisotopic (exact) mass is 193 g/mol. The van der Waals surface area contributed by atoms with E-state index in [0.29, 0.717) is 6.42 Å². The highest BCUT2D eigenvalue weighted by molar-refractivity contribution is 5.78. The predicted molar refractivity (Wildman–Crippen MR) is 55.5 cm³/mol. The Bertz CT molecular complexity index is 334. The minimum atomic E-state index is 0.0262. The van der Waals surface area contributed by atoms with E-state index in [1.165, 1.54) is 0 Å². The van der Waals surface area contributed by atoms with Crippen molar-refractivity contribution in [3.05, 3.63) is 29.3 Å². The molecule has 0 aliphatic rings. The van der Waals surface area contributed by atoms with Crippen LogP contribution < -0.4 is 10.1 Å². The minimum Gasteiger partial charge on any atom is -0.497 e. The van der Waals surface area contributed by atoms with Crippen molar-refractivity contribution in [3.8, 4) is 5.75 Å². The van der Waals surface area contributed by atoms with E-state index in [2.05, 4.69) is 5.32 Å². The largest absolute Gasteiger partial charge is 0.497 e. The van der Waals surface area contributed by atoms with E-state index in [9.17, 15) is 4.79 Å². The number of likely N-dealkylation sites (N-methyl/N-ethyl adjacent to an activating group) is 1. The van der Waals surface area contributed by atoms with Gasteiger partial charge >= 0.3 is 0 Å². The lowest BCUT2D eigenvalue weighted by Gasteiger charge is -2.06. The maximum absolute atomic E-state index is 11.1. The van der Waals surface area contributed by atoms with Gasteiger partial charge in [-0.25, -0.2) is 0 Å². The van der Waals surface area contributed by atoms with Gasteiger partial charge in [-0.1, -0.05) is 6.07 Å². The third-order valence-corrected chi connectivity index (χ3v) is 2.18. The molecule has 1 aromatic rings. The summed E-state index contributed by atoms with van der Waals surface area (Å²) in [6.07, 6.45) is 0.423. The molecule has 1 amide bonds. The summed E-state index contributed by atoms with van der Waals surface area (Å²) in [5.41, 5.74) is 2.11. The van der Waals surface area contributed by atoms with Crippen molar-refractivity contribution >= 4 is 5.91 Å². The van der Waals surface area contributed by atoms with Crippen molar-refractivity contribution in [1.82, 2.24) is 5.32 Å². The SMILES string of the molecule is CNC(=O)Cc1ccc(OC)cc1C. The van der Waals surface area contributed by atoms with E-state index in [4.69, 9.17) is 4.74 Å². The second kappa shape index (κ2) is 4.65. The number of rotatable bonds is 3. The molecule has 0 aliphatic carbocycles. The fourth-order valence-electron chi connectivity index (χ4n) is 1.26. The first kappa shape index (κ1) is 10.6. The summed E-state index contributed by atoms with van der Waals surface area (Å²) in [4.78, 5) is 11.1. The van der Waals surface area contributed by atoms with Gasteiger partial charge in [0, 0.05) is 7.05 Å². The van der Waals surface area contributed by atoms with Crippen LogP contribution in [0.2, 0.25) is 0 Å². The molecule has 0 spiro atoms. The van der Waals surface area contributed by atoms with Gasteiger partial charge in [-0.15, -0.1) is 0 Å². The molecular weight excluding hydrogens is 178 g/mol. The Kier molecular flexibility index (Phi) is 3.51. The lowest BCUT2D eigenvalue weighted by molar-refractivity contribution is -0.119. The molecule has 0 aliphatic heterocycles. The Labute approximate surface area is 84.1 Å². The zero-order chi connectivity index (χ0) is 10.6. The molecule has 0 fully saturated rings. The highest BCUT2D eigenvalue weighted by Crippen LogP contribution is 2.16. The highest BCUT2D eigenvalue weighted by atomic mass is 16.5. The standard InChI is InChI=1S/C11H15NO2/c1-8-6-10(14-3)5-4-9(8)7-11(13)12-2/h4-6H,7H2,1-3H3,(H,12,13). The molecule has 0 aromatic heterocycles. The van der Waals surface area contributed by atoms with Crippen LogP contribution in [0.1, 0.15) is 11.1 Å². The first-order chi connectivity index (χ1) is 6.67. The fourth-order valence-corrected chi connectivity index (χ4v) is 1.26. The highest BCUT2D eigenvalue weighted by Gasteiger charge is 2.04. The molecule has 0 heterocycles. The lowest BCUT2D eigenvalue weighted by atomic mass is 10.1. The number of carbonyl (C=O) groups is 1. The number of hydrogen-bond acceptors (Lipinski definition) is 2. The van der Waals surface area contributed by atoms with Gasteiger partial charge in [-0.2, -0.15) is 0 Å². The summed E-state index contributed by atoms with van der Waals surface area (Å²) >= 11 is 0. The number of benzene rings is 1. The van der Waals surface area contributed by atoms with E-state index in [1.54, 1.807) is 14.2 Å². The van der Waals surface area contributed by atoms with Gasteiger partial charge in [-0.3, -0.25) is 4.79 Å². The van der Waals surface area contributed by atoms with Crippen LogP contribution in [0.4, 0.5) is 0 Å². The normalized spacial score (nSPS) is 9.64. The van der Waals surface area contributed by atoms with Crippen molar-refractivity contribution < 1.29 is 9.53 Å². The van der Waals surface area contributed by atoms with Crippen LogP contribution in [0.25, 0.3) is 0 Å². The number of nitrogens with one attached hydrogen (secondary N) is 1. The maximum Gasteiger partial charge on any atom is 0.224 e. The van der Waals surface area contributed by atoms with E-state index in [-0.39, 0.29) is 5.91 Å². The summed E-state index contributed by atoms with van der Waals surface area (Å²) in [5.74, 6) is 0.849. The molecular formula is C11H15NO2. The van der Waals surface area contributed by atoms with Crippen LogP contribution in [0.15, 0.2) is 18.2 Å². The van der Waals surface area contributed by atoms with Gasteiger partial charge in [0.1, 0.15) is 5.75 Å². The third-order valence-electron chi connectivity index (χ3n) is 2.18. The van der Waals surface area contributed by atoms with Crippen molar-refractivity contribution in [2.75, 3.05) is 14.2 Å². The number of carbonyl (C=O) groups excluding carboxylic acids is 1. The lowest BCUT2D eigenvalue weighted by Crippen LogP contribution is -2.20. The van der Waals surface area contributed by atoms with E-state index < -0.39 is 0 Å². The van der Waals surface area contributed by atoms with Gasteiger partial charge in [0.25, 0.3) is 0 Å². The van der Waals surface area contributed by atoms with Crippen molar-refractivity contribution in [2.24, 2.45) is 0 Å². The van der Waals surface area contributed by atoms with Gasteiger partial charge in [0.05, 0.1) is 13.5 Å². The molecule has 0 bridgehead atoms. The van der Waals surface area contributed by atoms with Crippen molar-refractivity contribution in [2.45, 2.75) is 13.3 Å². The summed E-state index contributed by atoms with van der Waals surface area (Å²) < 4.78 is 5.08. The first-order valence-corrected chi connectivity index (χ1v) is 4.51. The van der Waals surface area contributed by atoms with Gasteiger partial charge < -0.3 is 10.1 Å². The molecule has 76 valence electrons. The van der Waals surface area contributed by atoms with Gasteiger partial charge in [-0.05, 0) is 30.2 Å². The molecule has 0 saturated heterocycles. The van der Waals surface area contributed by atoms with Crippen LogP contribution in [-0.4, -0.2) is 20.1 Å². The molecule has 0 radical (unpaired) electrons. The van der Waals surface area contributed by atoms with E-state index in [1.807, 2.05) is 25.1 Å². The summed E-state index contributed by atoms with van der Waals surface area (Å²) in [6.45, 7) is 1.97. The molecule has 0 saturated carbocycles. The molecule has 1 aromatic carbocycles. The average Bonchev–Trinajstić information content (AvgIpc) is 2.20. The molecule has 14 heavy (non-hydrogen) atoms. The van der Waals surface area contributed by atoms with Crippen LogP contribution in [0.3, 0.4) is 0 Å². The zero-order valence-corrected chi connectivity index (χ0v) is 8.76. The quantitative estimate of drug-likeness (QED) is 0.785. The summed E-state index contributed by atoms with van der Waals surface area (Å²) in [5, 5.41) is 2.60. The van der Waals surface area contributed by atoms with Gasteiger partial charge in [0.2, 0.25) is 5.91 Å². The Hall–Kier alpha value is -1.51. The summed E-state index contributed by atoms with van der Waals surface area (Å²) in [7, 11) is 3.27. The molecule has 1 rings (SSSR count). The number of methoxy groups -OCH3 is 1. The second-order valence-electron chi connectivity index (χ2n) is 3.14. The smallest absolute Gasteiger partial charge is 0.224 e. The molecule has 0 atom stereocenters. The van der Waals surface area contributed by atoms with Crippen LogP contribution in [0, 0.1) is 6.92 Å². The van der Waals surface area contributed by atoms with Crippen molar-refractivity contribution in [1.29, 1.82) is 0 Å². The number of aryl methyl sites for hydroxylation is 1. The predicted octanol–water partition coefficient (Wildman–Crippen LogP) is 1.29. The number of amides is 1. The molecule has 1 N–H and O–H groups in total. The van der Waals surface area contributed by atoms with Crippen LogP contribution in [-0.2, 0) is 11.2 Å². The second-order valence-corrected chi connectivity index (χ2v) is 3.14. The average molecular weight is 193 g/mol. The van der Waals surface area contributed by atoms with Crippen LogP contribution >= 0.6 is 0 Å². The molecule has 3 nitrogen and oxygen atoms in total. The zero-order valence-electron chi connectivity index (χ0n) is 8.76. The number of hydrogen-bond donors (Lipinski definition) is 1. The Morgan fingerprint density at radius 2 is 2.21 bits per heavy atom. The number of ether oxygens (including phenoxy) is 1. The Balaban J connectivity index is 2.83. The minimum absolute atomic E-state index is 0.0262. The van der Waals surface area contributed by atoms with Crippen LogP contribution in [0.5, 0.6) is 5.75 Å². The Morgan fingerprint density at radius 1 is 1.50 bits per heavy atom. The summed E-state index contributed by atoms with van der Waals surface area (Å²) in [6, 6.07) is 5.72. The fraction of sp³-hybridized carbons (Fsp3) is 0.364. The van der Waals surface area contributed by atoms with Gasteiger partial charge in [0.15, 0.2) is 0 Å². The molecule has 3 heteroatoms. The first-order valence-electron chi connectivity index (χ1n) is 4.51.